The summed E-state index contributed by atoms with van der Waals surface area (Å²) in [7, 11) is 0. The third kappa shape index (κ3) is 3.70. The molecule has 2 aliphatic rings. The molecular formula is C12H22O12. The van der Waals surface area contributed by atoms with E-state index in [9.17, 15) is 35.7 Å². The maximum absolute atomic E-state index is 9.98. The number of ether oxygens (including phenoxy) is 3. The summed E-state index contributed by atoms with van der Waals surface area (Å²) in [5, 5.41) is 76.0. The van der Waals surface area contributed by atoms with Crippen LogP contribution in [0.1, 0.15) is 0 Å². The van der Waals surface area contributed by atoms with Gasteiger partial charge in [0.15, 0.2) is 12.6 Å². The summed E-state index contributed by atoms with van der Waals surface area (Å²) in [5.74, 6) is 0. The molecule has 10 atom stereocenters. The van der Waals surface area contributed by atoms with Crippen molar-refractivity contribution in [1.82, 2.24) is 0 Å². The average Bonchev–Trinajstić information content (AvgIpc) is 2.58. The fourth-order valence-electron chi connectivity index (χ4n) is 2.69. The molecule has 2 saturated heterocycles. The van der Waals surface area contributed by atoms with Gasteiger partial charge in [0.2, 0.25) is 0 Å². The van der Waals surface area contributed by atoms with Crippen molar-refractivity contribution >= 4 is 0 Å². The van der Waals surface area contributed by atoms with Crippen LogP contribution in [-0.4, -0.2) is 116 Å². The molecule has 0 spiro atoms. The average molecular weight is 358 g/mol. The summed E-state index contributed by atoms with van der Waals surface area (Å²) >= 11 is 0. The lowest BCUT2D eigenvalue weighted by Gasteiger charge is -2.45. The Kier molecular flexibility index (Phi) is 6.83. The summed E-state index contributed by atoms with van der Waals surface area (Å²) < 4.78 is 15.3. The van der Waals surface area contributed by atoms with Crippen LogP contribution in [0.5, 0.6) is 0 Å². The van der Waals surface area contributed by atoms with E-state index >= 15 is 0 Å². The highest BCUT2D eigenvalue weighted by molar-refractivity contribution is 4.93. The maximum atomic E-state index is 9.98. The molecule has 12 heteroatoms. The van der Waals surface area contributed by atoms with E-state index in [1.54, 1.807) is 0 Å². The quantitative estimate of drug-likeness (QED) is 0.172. The smallest absolute Gasteiger partial charge is 0.187 e. The molecule has 2 rings (SSSR count). The van der Waals surface area contributed by atoms with Gasteiger partial charge < -0.3 is 50.0 Å². The first-order valence-corrected chi connectivity index (χ1v) is 7.24. The minimum atomic E-state index is -1.75. The van der Waals surface area contributed by atoms with Gasteiger partial charge in [-0.2, -0.15) is 0 Å². The molecule has 2 fully saturated rings. The van der Waals surface area contributed by atoms with Crippen molar-refractivity contribution in [2.75, 3.05) is 13.2 Å². The minimum absolute atomic E-state index is 0.691. The summed E-state index contributed by atoms with van der Waals surface area (Å²) in [4.78, 5) is 3.97. The molecule has 0 aromatic carbocycles. The molecule has 0 aromatic rings. The molecule has 0 amide bonds. The third-order valence-corrected chi connectivity index (χ3v) is 4.07. The van der Waals surface area contributed by atoms with Crippen molar-refractivity contribution in [3.05, 3.63) is 0 Å². The van der Waals surface area contributed by atoms with E-state index in [0.29, 0.717) is 0 Å². The van der Waals surface area contributed by atoms with Crippen LogP contribution in [0.3, 0.4) is 0 Å². The van der Waals surface area contributed by atoms with Gasteiger partial charge in [-0.25, -0.2) is 4.89 Å². The van der Waals surface area contributed by atoms with Gasteiger partial charge >= 0.3 is 0 Å². The van der Waals surface area contributed by atoms with Gasteiger partial charge in [-0.1, -0.05) is 0 Å². The Morgan fingerprint density at radius 3 is 1.79 bits per heavy atom. The van der Waals surface area contributed by atoms with E-state index < -0.39 is 74.6 Å². The van der Waals surface area contributed by atoms with Crippen molar-refractivity contribution < 1.29 is 60.1 Å². The molecule has 0 unspecified atom stereocenters. The fourth-order valence-corrected chi connectivity index (χ4v) is 2.69. The van der Waals surface area contributed by atoms with Gasteiger partial charge in [-0.15, -0.1) is 0 Å². The second kappa shape index (κ2) is 8.27. The van der Waals surface area contributed by atoms with E-state index in [0.717, 1.165) is 0 Å². The van der Waals surface area contributed by atoms with Crippen LogP contribution in [0.15, 0.2) is 0 Å². The Balaban J connectivity index is 2.12. The summed E-state index contributed by atoms with van der Waals surface area (Å²) in [6.45, 7) is -1.38. The molecule has 0 aromatic heterocycles. The number of rotatable bonds is 5. The van der Waals surface area contributed by atoms with Gasteiger partial charge in [-0.05, 0) is 0 Å². The topological polar surface area (TPSA) is 199 Å². The fraction of sp³-hybridized carbons (Fsp3) is 1.00. The lowest BCUT2D eigenvalue weighted by Crippen LogP contribution is -2.64. The Morgan fingerprint density at radius 2 is 1.25 bits per heavy atom. The summed E-state index contributed by atoms with van der Waals surface area (Å²) in [5.41, 5.74) is 0. The highest BCUT2D eigenvalue weighted by Gasteiger charge is 2.50. The van der Waals surface area contributed by atoms with Crippen LogP contribution in [0.25, 0.3) is 0 Å². The van der Waals surface area contributed by atoms with E-state index in [4.69, 9.17) is 19.5 Å². The molecule has 8 N–H and O–H groups in total. The molecule has 142 valence electrons. The maximum Gasteiger partial charge on any atom is 0.187 e. The molecule has 2 aliphatic heterocycles. The van der Waals surface area contributed by atoms with Crippen LogP contribution in [-0.2, 0) is 19.1 Å². The Morgan fingerprint density at radius 1 is 0.708 bits per heavy atom. The van der Waals surface area contributed by atoms with E-state index in [2.05, 4.69) is 4.89 Å². The first-order chi connectivity index (χ1) is 11.3. The van der Waals surface area contributed by atoms with Gasteiger partial charge in [0, 0.05) is 0 Å². The van der Waals surface area contributed by atoms with Crippen molar-refractivity contribution in [1.29, 1.82) is 0 Å². The van der Waals surface area contributed by atoms with Crippen molar-refractivity contribution in [3.63, 3.8) is 0 Å². The first-order valence-electron chi connectivity index (χ1n) is 7.24. The van der Waals surface area contributed by atoms with Gasteiger partial charge in [0.05, 0.1) is 13.2 Å². The van der Waals surface area contributed by atoms with Crippen molar-refractivity contribution in [2.45, 2.75) is 61.4 Å². The molecule has 12 nitrogen and oxygen atoms in total. The highest BCUT2D eigenvalue weighted by atomic mass is 17.1. The second-order valence-electron chi connectivity index (χ2n) is 5.61. The van der Waals surface area contributed by atoms with Gasteiger partial charge in [0.1, 0.15) is 48.8 Å². The molecule has 0 bridgehead atoms. The minimum Gasteiger partial charge on any atom is -0.394 e. The van der Waals surface area contributed by atoms with Crippen LogP contribution in [0.2, 0.25) is 0 Å². The Labute approximate surface area is 135 Å². The van der Waals surface area contributed by atoms with Crippen LogP contribution in [0, 0.1) is 0 Å². The molecule has 0 saturated carbocycles. The monoisotopic (exact) mass is 358 g/mol. The molecule has 0 radical (unpaired) electrons. The standard InChI is InChI=1S/C12H22O12/c13-1-3-9(5(15)7(17)11(19)21-3)23-12-8(18)6(16)10(24-20)4(2-14)22-12/h3-20H,1-2H2/t3-,4-,5-,6-,7-,8-,9-,10+,11-,12+/m1/s1. The SMILES string of the molecule is OC[C@H]1O[C@@H](O[C@H]2[C@H](O)[C@@H](O)[C@H](O)O[C@@H]2CO)[C@H](O)[C@@H](O)[C@H]1OO. The second-order valence-corrected chi connectivity index (χ2v) is 5.61. The first kappa shape index (κ1) is 19.8. The Hall–Kier alpha value is -0.480. The third-order valence-electron chi connectivity index (χ3n) is 4.07. The number of aliphatic hydroxyl groups excluding tert-OH is 7. The number of aliphatic hydroxyl groups is 7. The molecule has 0 aliphatic carbocycles. The van der Waals surface area contributed by atoms with Crippen LogP contribution in [0.4, 0.5) is 0 Å². The van der Waals surface area contributed by atoms with E-state index in [1.165, 1.54) is 0 Å². The Bertz CT molecular complexity index is 392. The predicted molar refractivity (Wildman–Crippen MR) is 70.1 cm³/mol. The van der Waals surface area contributed by atoms with Gasteiger partial charge in [-0.3, -0.25) is 5.26 Å². The lowest BCUT2D eigenvalue weighted by molar-refractivity contribution is -0.392. The summed E-state index contributed by atoms with van der Waals surface area (Å²) in [6.07, 6.45) is -15.6. The van der Waals surface area contributed by atoms with Crippen LogP contribution < -0.4 is 0 Å². The zero-order valence-corrected chi connectivity index (χ0v) is 12.4. The van der Waals surface area contributed by atoms with E-state index in [1.807, 2.05) is 0 Å². The largest absolute Gasteiger partial charge is 0.394 e. The van der Waals surface area contributed by atoms with E-state index in [-0.39, 0.29) is 0 Å². The molecular weight excluding hydrogens is 336 g/mol. The highest BCUT2D eigenvalue weighted by Crippen LogP contribution is 2.29. The number of hydrogen-bond acceptors (Lipinski definition) is 12. The van der Waals surface area contributed by atoms with Crippen LogP contribution >= 0.6 is 0 Å². The van der Waals surface area contributed by atoms with Crippen molar-refractivity contribution in [3.8, 4) is 0 Å². The zero-order valence-electron chi connectivity index (χ0n) is 12.4. The van der Waals surface area contributed by atoms with Gasteiger partial charge in [0.25, 0.3) is 0 Å². The normalized spacial score (nSPS) is 50.0. The zero-order chi connectivity index (χ0) is 18.0. The predicted octanol–water partition coefficient (Wildman–Crippen LogP) is -4.90. The lowest BCUT2D eigenvalue weighted by atomic mass is 9.97. The number of hydrogen-bond donors (Lipinski definition) is 8. The van der Waals surface area contributed by atoms with Crippen molar-refractivity contribution in [2.24, 2.45) is 0 Å². The molecule has 24 heavy (non-hydrogen) atoms. The summed E-state index contributed by atoms with van der Waals surface area (Å²) in [6, 6.07) is 0. The molecule has 2 heterocycles.